The second-order valence-electron chi connectivity index (χ2n) is 5.51. The molecule has 1 N–H and O–H groups in total. The van der Waals surface area contributed by atoms with Crippen molar-refractivity contribution in [2.24, 2.45) is 0 Å². The van der Waals surface area contributed by atoms with Crippen molar-refractivity contribution in [1.82, 2.24) is 10.2 Å². The lowest BCUT2D eigenvalue weighted by Gasteiger charge is -2.33. The van der Waals surface area contributed by atoms with Crippen LogP contribution in [-0.4, -0.2) is 69.1 Å². The van der Waals surface area contributed by atoms with Crippen LogP contribution in [0, 0.1) is 0 Å². The molecule has 0 aromatic heterocycles. The molecule has 2 fully saturated rings. The third-order valence-corrected chi connectivity index (χ3v) is 5.64. The highest BCUT2D eigenvalue weighted by molar-refractivity contribution is 7.91. The van der Waals surface area contributed by atoms with Crippen molar-refractivity contribution in [3.63, 3.8) is 0 Å². The van der Waals surface area contributed by atoms with Crippen molar-refractivity contribution in [1.29, 1.82) is 0 Å². The fourth-order valence-corrected chi connectivity index (χ4v) is 4.46. The minimum atomic E-state index is -2.98. The maximum absolute atomic E-state index is 12.6. The number of carbonyl (C=O) groups is 1. The molecule has 0 aliphatic carbocycles. The topological polar surface area (TPSA) is 75.7 Å². The van der Waals surface area contributed by atoms with Crippen LogP contribution in [0.2, 0.25) is 0 Å². The molecule has 21 heavy (non-hydrogen) atoms. The molecule has 0 aromatic carbocycles. The molecule has 2 atom stereocenters. The lowest BCUT2D eigenvalue weighted by Crippen LogP contribution is -2.52. The third kappa shape index (κ3) is 5.09. The van der Waals surface area contributed by atoms with Gasteiger partial charge in [-0.2, -0.15) is 0 Å². The first-order valence-corrected chi connectivity index (χ1v) is 9.19. The van der Waals surface area contributed by atoms with Crippen molar-refractivity contribution in [3.8, 4) is 0 Å². The lowest BCUT2D eigenvalue weighted by atomic mass is 10.1. The number of hydrogen-bond acceptors (Lipinski definition) is 5. The van der Waals surface area contributed by atoms with E-state index >= 15 is 0 Å². The van der Waals surface area contributed by atoms with Gasteiger partial charge in [0.1, 0.15) is 6.10 Å². The highest BCUT2D eigenvalue weighted by atomic mass is 35.5. The SMILES string of the molecule is CCCCN(C(=O)C1CNCCO1)C1CCS(=O)(=O)C1.Cl. The van der Waals surface area contributed by atoms with Gasteiger partial charge in [0.25, 0.3) is 5.91 Å². The summed E-state index contributed by atoms with van der Waals surface area (Å²) in [6.45, 7) is 4.49. The second-order valence-corrected chi connectivity index (χ2v) is 7.73. The van der Waals surface area contributed by atoms with E-state index in [2.05, 4.69) is 12.2 Å². The van der Waals surface area contributed by atoms with Crippen LogP contribution in [0.15, 0.2) is 0 Å². The summed E-state index contributed by atoms with van der Waals surface area (Å²) >= 11 is 0. The Kier molecular flexibility index (Phi) is 7.39. The molecule has 0 radical (unpaired) electrons. The number of rotatable bonds is 5. The molecule has 6 nitrogen and oxygen atoms in total. The van der Waals surface area contributed by atoms with E-state index in [1.165, 1.54) is 0 Å². The first kappa shape index (κ1) is 18.7. The van der Waals surface area contributed by atoms with Crippen LogP contribution in [0.25, 0.3) is 0 Å². The molecule has 2 heterocycles. The maximum atomic E-state index is 12.6. The molecule has 8 heteroatoms. The number of nitrogens with one attached hydrogen (secondary N) is 1. The molecule has 0 aromatic rings. The Morgan fingerprint density at radius 3 is 2.71 bits per heavy atom. The first-order chi connectivity index (χ1) is 9.53. The molecule has 2 rings (SSSR count). The number of nitrogens with zero attached hydrogens (tertiary/aromatic N) is 1. The van der Waals surface area contributed by atoms with E-state index in [1.54, 1.807) is 4.90 Å². The smallest absolute Gasteiger partial charge is 0.253 e. The number of hydrogen-bond donors (Lipinski definition) is 1. The molecular formula is C13H25ClN2O4S. The number of halogens is 1. The fraction of sp³-hybridized carbons (Fsp3) is 0.923. The van der Waals surface area contributed by atoms with E-state index in [0.717, 1.165) is 19.4 Å². The van der Waals surface area contributed by atoms with Gasteiger partial charge < -0.3 is 15.0 Å². The summed E-state index contributed by atoms with van der Waals surface area (Å²) in [6.07, 6.45) is 1.96. The Balaban J connectivity index is 0.00000220. The Labute approximate surface area is 132 Å². The Morgan fingerprint density at radius 2 is 2.19 bits per heavy atom. The van der Waals surface area contributed by atoms with Crippen molar-refractivity contribution in [2.75, 3.05) is 37.7 Å². The highest BCUT2D eigenvalue weighted by Gasteiger charge is 2.37. The van der Waals surface area contributed by atoms with Gasteiger partial charge in [-0.25, -0.2) is 8.42 Å². The summed E-state index contributed by atoms with van der Waals surface area (Å²) in [6, 6.07) is -0.176. The van der Waals surface area contributed by atoms with Crippen molar-refractivity contribution in [3.05, 3.63) is 0 Å². The largest absolute Gasteiger partial charge is 0.366 e. The predicted octanol–water partition coefficient (Wildman–Crippen LogP) is 0.212. The number of sulfone groups is 1. The summed E-state index contributed by atoms with van der Waals surface area (Å²) in [7, 11) is -2.98. The van der Waals surface area contributed by atoms with Crippen molar-refractivity contribution in [2.45, 2.75) is 38.3 Å². The molecule has 0 saturated carbocycles. The third-order valence-electron chi connectivity index (χ3n) is 3.89. The van der Waals surface area contributed by atoms with E-state index in [9.17, 15) is 13.2 Å². The standard InChI is InChI=1S/C13H24N2O4S.ClH/c1-2-3-6-15(11-4-8-20(17,18)10-11)13(16)12-9-14-5-7-19-12;/h11-12,14H,2-10H2,1H3;1H. The average Bonchev–Trinajstić information content (AvgIpc) is 2.80. The van der Waals surface area contributed by atoms with Gasteiger partial charge in [-0.05, 0) is 12.8 Å². The zero-order valence-corrected chi connectivity index (χ0v) is 14.0. The van der Waals surface area contributed by atoms with E-state index < -0.39 is 15.9 Å². The summed E-state index contributed by atoms with van der Waals surface area (Å²) in [5.74, 6) is 0.229. The minimum Gasteiger partial charge on any atom is -0.366 e. The molecule has 2 aliphatic heterocycles. The zero-order chi connectivity index (χ0) is 14.6. The molecule has 0 bridgehead atoms. The van der Waals surface area contributed by atoms with E-state index in [4.69, 9.17) is 4.74 Å². The lowest BCUT2D eigenvalue weighted by molar-refractivity contribution is -0.147. The van der Waals surface area contributed by atoms with E-state index in [-0.39, 0.29) is 35.9 Å². The van der Waals surface area contributed by atoms with Crippen LogP contribution in [0.5, 0.6) is 0 Å². The quantitative estimate of drug-likeness (QED) is 0.774. The predicted molar refractivity (Wildman–Crippen MR) is 83.5 cm³/mol. The maximum Gasteiger partial charge on any atom is 0.253 e. The number of morpholine rings is 1. The Hall–Kier alpha value is -0.370. The van der Waals surface area contributed by atoms with Crippen LogP contribution in [0.3, 0.4) is 0 Å². The number of carbonyl (C=O) groups excluding carboxylic acids is 1. The summed E-state index contributed by atoms with van der Waals surface area (Å²) in [4.78, 5) is 14.3. The molecule has 2 unspecified atom stereocenters. The fourth-order valence-electron chi connectivity index (χ4n) is 2.73. The van der Waals surface area contributed by atoms with Crippen molar-refractivity contribution >= 4 is 28.2 Å². The molecular weight excluding hydrogens is 316 g/mol. The Bertz CT molecular complexity index is 437. The summed E-state index contributed by atoms with van der Waals surface area (Å²) in [5.41, 5.74) is 0. The molecule has 2 saturated heterocycles. The van der Waals surface area contributed by atoms with Gasteiger partial charge in [-0.3, -0.25) is 4.79 Å². The van der Waals surface area contributed by atoms with E-state index in [1.807, 2.05) is 0 Å². The van der Waals surface area contributed by atoms with Gasteiger partial charge in [-0.1, -0.05) is 13.3 Å². The zero-order valence-electron chi connectivity index (χ0n) is 12.4. The van der Waals surface area contributed by atoms with E-state index in [0.29, 0.717) is 26.1 Å². The normalized spacial score (nSPS) is 27.9. The van der Waals surface area contributed by atoms with Crippen LogP contribution in [-0.2, 0) is 19.4 Å². The summed E-state index contributed by atoms with van der Waals surface area (Å²) < 4.78 is 28.8. The molecule has 1 amide bonds. The van der Waals surface area contributed by atoms with Gasteiger partial charge >= 0.3 is 0 Å². The monoisotopic (exact) mass is 340 g/mol. The van der Waals surface area contributed by atoms with Gasteiger partial charge in [0.05, 0.1) is 18.1 Å². The van der Waals surface area contributed by atoms with Gasteiger partial charge in [0.2, 0.25) is 0 Å². The number of amides is 1. The minimum absolute atomic E-state index is 0. The number of unbranched alkanes of at least 4 members (excludes halogenated alkanes) is 1. The number of ether oxygens (including phenoxy) is 1. The molecule has 124 valence electrons. The van der Waals surface area contributed by atoms with Crippen LogP contribution < -0.4 is 5.32 Å². The summed E-state index contributed by atoms with van der Waals surface area (Å²) in [5, 5.41) is 3.14. The highest BCUT2D eigenvalue weighted by Crippen LogP contribution is 2.20. The Morgan fingerprint density at radius 1 is 1.43 bits per heavy atom. The van der Waals surface area contributed by atoms with Gasteiger partial charge in [0, 0.05) is 25.7 Å². The van der Waals surface area contributed by atoms with Gasteiger partial charge in [0.15, 0.2) is 9.84 Å². The van der Waals surface area contributed by atoms with Crippen LogP contribution in [0.4, 0.5) is 0 Å². The molecule has 2 aliphatic rings. The average molecular weight is 341 g/mol. The van der Waals surface area contributed by atoms with Crippen LogP contribution >= 0.6 is 12.4 Å². The van der Waals surface area contributed by atoms with Crippen molar-refractivity contribution < 1.29 is 17.9 Å². The van der Waals surface area contributed by atoms with Gasteiger partial charge in [-0.15, -0.1) is 12.4 Å². The second kappa shape index (κ2) is 8.31. The molecule has 0 spiro atoms. The first-order valence-electron chi connectivity index (χ1n) is 7.36. The van der Waals surface area contributed by atoms with Crippen LogP contribution in [0.1, 0.15) is 26.2 Å².